The Morgan fingerprint density at radius 3 is 2.06 bits per heavy atom. The highest BCUT2D eigenvalue weighted by Gasteiger charge is 2.31. The zero-order valence-corrected chi connectivity index (χ0v) is 21.4. The molecule has 0 aromatic carbocycles. The smallest absolute Gasteiger partial charge is 0.326 e. The molecule has 0 aromatic heterocycles. The van der Waals surface area contributed by atoms with E-state index in [1.165, 1.54) is 0 Å². The van der Waals surface area contributed by atoms with E-state index in [2.05, 4.69) is 33.6 Å². The number of nitrogens with one attached hydrogen (secondary N) is 3. The van der Waals surface area contributed by atoms with Gasteiger partial charge in [-0.3, -0.25) is 19.4 Å². The molecule has 5 unspecified atom stereocenters. The number of hydrogen-bond donors (Lipinski definition) is 9. The van der Waals surface area contributed by atoms with Gasteiger partial charge in [-0.2, -0.15) is 12.6 Å². The Hall–Kier alpha value is -2.58. The van der Waals surface area contributed by atoms with E-state index < -0.39 is 47.9 Å². The number of aliphatic carboxylic acids is 1. The molecule has 0 rings (SSSR count). The van der Waals surface area contributed by atoms with Gasteiger partial charge in [-0.15, -0.1) is 0 Å². The Labute approximate surface area is 212 Å². The third kappa shape index (κ3) is 13.2. The summed E-state index contributed by atoms with van der Waals surface area (Å²) < 4.78 is 0. The molecule has 0 aliphatic rings. The van der Waals surface area contributed by atoms with Crippen molar-refractivity contribution in [3.8, 4) is 0 Å². The summed E-state index contributed by atoms with van der Waals surface area (Å²) in [6.07, 6.45) is 2.71. The summed E-state index contributed by atoms with van der Waals surface area (Å²) in [6.45, 7) is 4.25. The Morgan fingerprint density at radius 2 is 1.54 bits per heavy atom. The van der Waals surface area contributed by atoms with Crippen molar-refractivity contribution in [2.24, 2.45) is 33.8 Å². The average molecular weight is 519 g/mol. The molecule has 12 N–H and O–H groups in total. The SMILES string of the molecule is CCC(C)C(NC(=O)C(CCCCN)NC(=O)C(CS)NC(=O)C(N)CCCN=C(N)N)C(=O)O. The molecule has 0 aliphatic carbocycles. The van der Waals surface area contributed by atoms with Gasteiger partial charge in [-0.1, -0.05) is 20.3 Å². The van der Waals surface area contributed by atoms with E-state index in [0.29, 0.717) is 45.2 Å². The average Bonchev–Trinajstić information content (AvgIpc) is 2.81. The predicted molar refractivity (Wildman–Crippen MR) is 138 cm³/mol. The maximum absolute atomic E-state index is 12.9. The summed E-state index contributed by atoms with van der Waals surface area (Å²) in [5, 5.41) is 17.1. The number of nitrogens with zero attached hydrogens (tertiary/aromatic N) is 1. The second kappa shape index (κ2) is 17.8. The zero-order chi connectivity index (χ0) is 27.0. The Morgan fingerprint density at radius 1 is 0.943 bits per heavy atom. The highest BCUT2D eigenvalue weighted by Crippen LogP contribution is 2.10. The van der Waals surface area contributed by atoms with Gasteiger partial charge in [0, 0.05) is 12.3 Å². The summed E-state index contributed by atoms with van der Waals surface area (Å²) in [6, 6.07) is -4.05. The van der Waals surface area contributed by atoms with E-state index in [1.807, 2.05) is 6.92 Å². The van der Waals surface area contributed by atoms with Crippen LogP contribution in [0.15, 0.2) is 4.99 Å². The summed E-state index contributed by atoms with van der Waals surface area (Å²) in [5.41, 5.74) is 21.9. The number of carbonyl (C=O) groups is 4. The lowest BCUT2D eigenvalue weighted by molar-refractivity contribution is -0.143. The van der Waals surface area contributed by atoms with Gasteiger partial charge in [0.05, 0.1) is 6.04 Å². The fourth-order valence-corrected chi connectivity index (χ4v) is 3.35. The molecular weight excluding hydrogens is 476 g/mol. The van der Waals surface area contributed by atoms with Crippen molar-refractivity contribution >= 4 is 42.3 Å². The maximum Gasteiger partial charge on any atom is 0.326 e. The van der Waals surface area contributed by atoms with Gasteiger partial charge in [0.25, 0.3) is 0 Å². The number of nitrogens with two attached hydrogens (primary N) is 4. The van der Waals surface area contributed by atoms with Gasteiger partial charge in [-0.25, -0.2) is 4.79 Å². The monoisotopic (exact) mass is 518 g/mol. The van der Waals surface area contributed by atoms with Gasteiger partial charge < -0.3 is 44.0 Å². The standard InChI is InChI=1S/C21H42N8O5S/c1-3-12(2)16(20(33)34)29-18(31)14(8-4-5-9-22)27-19(32)15(11-35)28-17(30)13(23)7-6-10-26-21(24)25/h12-16,35H,3-11,22-23H2,1-2H3,(H,27,32)(H,28,30)(H,29,31)(H,33,34)(H4,24,25,26). The highest BCUT2D eigenvalue weighted by atomic mass is 32.1. The molecule has 35 heavy (non-hydrogen) atoms. The van der Waals surface area contributed by atoms with Crippen LogP contribution in [0.25, 0.3) is 0 Å². The topological polar surface area (TPSA) is 241 Å². The third-order valence-corrected chi connectivity index (χ3v) is 5.84. The van der Waals surface area contributed by atoms with Crippen molar-refractivity contribution in [2.75, 3.05) is 18.8 Å². The van der Waals surface area contributed by atoms with Crippen LogP contribution in [0, 0.1) is 5.92 Å². The Balaban J connectivity index is 5.21. The van der Waals surface area contributed by atoms with Crippen molar-refractivity contribution < 1.29 is 24.3 Å². The number of carbonyl (C=O) groups excluding carboxylic acids is 3. The molecule has 0 heterocycles. The summed E-state index contributed by atoms with van der Waals surface area (Å²) in [4.78, 5) is 53.5. The minimum Gasteiger partial charge on any atom is -0.480 e. The third-order valence-electron chi connectivity index (χ3n) is 5.48. The molecule has 0 spiro atoms. The fourth-order valence-electron chi connectivity index (χ4n) is 3.09. The minimum atomic E-state index is -1.16. The van der Waals surface area contributed by atoms with Crippen LogP contribution in [0.5, 0.6) is 0 Å². The van der Waals surface area contributed by atoms with Crippen LogP contribution in [0.3, 0.4) is 0 Å². The highest BCUT2D eigenvalue weighted by molar-refractivity contribution is 7.80. The lowest BCUT2D eigenvalue weighted by Gasteiger charge is -2.26. The van der Waals surface area contributed by atoms with Crippen LogP contribution in [-0.2, 0) is 19.2 Å². The van der Waals surface area contributed by atoms with Crippen molar-refractivity contribution in [3.05, 3.63) is 0 Å². The van der Waals surface area contributed by atoms with E-state index >= 15 is 0 Å². The summed E-state index contributed by atoms with van der Waals surface area (Å²) >= 11 is 4.13. The lowest BCUT2D eigenvalue weighted by Crippen LogP contribution is -2.58. The van der Waals surface area contributed by atoms with Crippen LogP contribution in [0.2, 0.25) is 0 Å². The number of aliphatic imine (C=N–C) groups is 1. The number of carboxylic acids is 1. The van der Waals surface area contributed by atoms with Crippen LogP contribution >= 0.6 is 12.6 Å². The number of unbranched alkanes of at least 4 members (excludes halogenated alkanes) is 1. The van der Waals surface area contributed by atoms with Crippen molar-refractivity contribution in [2.45, 2.75) is 76.5 Å². The van der Waals surface area contributed by atoms with Gasteiger partial charge >= 0.3 is 5.97 Å². The summed E-state index contributed by atoms with van der Waals surface area (Å²) in [5.74, 6) is -3.38. The number of rotatable bonds is 18. The number of guanidine groups is 1. The molecule has 0 aromatic rings. The first-order valence-corrected chi connectivity index (χ1v) is 12.4. The lowest BCUT2D eigenvalue weighted by atomic mass is 9.98. The van der Waals surface area contributed by atoms with Crippen LogP contribution < -0.4 is 38.9 Å². The predicted octanol–water partition coefficient (Wildman–Crippen LogP) is -1.99. The quantitative estimate of drug-likeness (QED) is 0.0421. The molecule has 0 saturated heterocycles. The van der Waals surface area contributed by atoms with Gasteiger partial charge in [-0.05, 0) is 44.6 Å². The molecule has 0 radical (unpaired) electrons. The van der Waals surface area contributed by atoms with E-state index in [9.17, 15) is 24.3 Å². The van der Waals surface area contributed by atoms with Crippen LogP contribution in [0.1, 0.15) is 52.4 Å². The normalized spacial score (nSPS) is 15.1. The van der Waals surface area contributed by atoms with Crippen LogP contribution in [-0.4, -0.2) is 77.8 Å². The number of hydrogen-bond acceptors (Lipinski definition) is 8. The van der Waals surface area contributed by atoms with Gasteiger partial charge in [0.15, 0.2) is 5.96 Å². The number of thiol groups is 1. The van der Waals surface area contributed by atoms with Crippen LogP contribution in [0.4, 0.5) is 0 Å². The molecule has 0 fully saturated rings. The fraction of sp³-hybridized carbons (Fsp3) is 0.762. The van der Waals surface area contributed by atoms with E-state index in [4.69, 9.17) is 22.9 Å². The molecular formula is C21H42N8O5S. The number of amides is 3. The summed E-state index contributed by atoms with van der Waals surface area (Å²) in [7, 11) is 0. The minimum absolute atomic E-state index is 0.0416. The van der Waals surface area contributed by atoms with Crippen molar-refractivity contribution in [3.63, 3.8) is 0 Å². The first-order chi connectivity index (χ1) is 16.5. The van der Waals surface area contributed by atoms with Crippen molar-refractivity contribution in [1.29, 1.82) is 0 Å². The first-order valence-electron chi connectivity index (χ1n) is 11.7. The largest absolute Gasteiger partial charge is 0.480 e. The molecule has 0 bridgehead atoms. The zero-order valence-electron chi connectivity index (χ0n) is 20.5. The second-order valence-electron chi connectivity index (χ2n) is 8.35. The molecule has 14 heteroatoms. The molecule has 5 atom stereocenters. The van der Waals surface area contributed by atoms with E-state index in [1.54, 1.807) is 6.92 Å². The Kier molecular flexibility index (Phi) is 16.5. The van der Waals surface area contributed by atoms with E-state index in [0.717, 1.165) is 0 Å². The van der Waals surface area contributed by atoms with Gasteiger partial charge in [0.1, 0.15) is 18.1 Å². The van der Waals surface area contributed by atoms with Crippen molar-refractivity contribution in [1.82, 2.24) is 16.0 Å². The maximum atomic E-state index is 12.9. The number of carboxylic acid groups (broad SMARTS) is 1. The molecule has 0 aliphatic heterocycles. The molecule has 13 nitrogen and oxygen atoms in total. The first kappa shape index (κ1) is 32.4. The van der Waals surface area contributed by atoms with E-state index in [-0.39, 0.29) is 24.1 Å². The Bertz CT molecular complexity index is 720. The van der Waals surface area contributed by atoms with Gasteiger partial charge in [0.2, 0.25) is 17.7 Å². The second-order valence-corrected chi connectivity index (χ2v) is 8.72. The molecule has 202 valence electrons. The molecule has 3 amide bonds. The molecule has 0 saturated carbocycles.